The molecule has 1 aromatic heterocycles. The Bertz CT molecular complexity index is 436. The Morgan fingerprint density at radius 1 is 1.32 bits per heavy atom. The molecule has 5 nitrogen and oxygen atoms in total. The molecule has 1 saturated heterocycles. The molecule has 0 saturated carbocycles. The van der Waals surface area contributed by atoms with Crippen LogP contribution in [0.1, 0.15) is 26.7 Å². The third kappa shape index (κ3) is 5.63. The molecular weight excluding hydrogens is 323 g/mol. The number of piperidine rings is 1. The summed E-state index contributed by atoms with van der Waals surface area (Å²) in [4.78, 5) is 18.6. The number of amides is 1. The number of anilines is 1. The largest absolute Gasteiger partial charge is 0.356 e. The highest BCUT2D eigenvalue weighted by atomic mass is 35.5. The first-order valence-corrected chi connectivity index (χ1v) is 7.30. The van der Waals surface area contributed by atoms with E-state index in [0.717, 1.165) is 31.7 Å². The van der Waals surface area contributed by atoms with Gasteiger partial charge in [-0.05, 0) is 31.9 Å². The fourth-order valence-electron chi connectivity index (χ4n) is 2.37. The number of halogens is 2. The minimum absolute atomic E-state index is 0. The van der Waals surface area contributed by atoms with Crippen molar-refractivity contribution in [2.45, 2.75) is 38.8 Å². The molecule has 0 spiro atoms. The number of aromatic nitrogens is 1. The van der Waals surface area contributed by atoms with Gasteiger partial charge in [0.1, 0.15) is 5.82 Å². The summed E-state index contributed by atoms with van der Waals surface area (Å²) in [6, 6.07) is 6.09. The molecule has 2 unspecified atom stereocenters. The Kier molecular flexibility index (Phi) is 9.41. The fourth-order valence-corrected chi connectivity index (χ4v) is 2.37. The van der Waals surface area contributed by atoms with Crippen LogP contribution in [-0.2, 0) is 4.79 Å². The topological polar surface area (TPSA) is 71.2 Å². The highest BCUT2D eigenvalue weighted by Gasteiger charge is 2.24. The number of nitrogens with two attached hydrogens (primary N) is 1. The Hall–Kier alpha value is -1.04. The molecule has 0 bridgehead atoms. The summed E-state index contributed by atoms with van der Waals surface area (Å²) >= 11 is 0. The van der Waals surface area contributed by atoms with Crippen LogP contribution in [-0.4, -0.2) is 36.1 Å². The maximum atomic E-state index is 12.0. The lowest BCUT2D eigenvalue weighted by Gasteiger charge is -2.33. The smallest absolute Gasteiger partial charge is 0.224 e. The van der Waals surface area contributed by atoms with E-state index in [0.29, 0.717) is 0 Å². The SMILES string of the molecule is CC(N)C(C)C(=O)NC1CCN(c2ccccn2)CC1.Cl.Cl. The molecule has 126 valence electrons. The minimum Gasteiger partial charge on any atom is -0.356 e. The van der Waals surface area contributed by atoms with E-state index in [1.54, 1.807) is 0 Å². The van der Waals surface area contributed by atoms with Crippen LogP contribution in [0.2, 0.25) is 0 Å². The highest BCUT2D eigenvalue weighted by Crippen LogP contribution is 2.17. The second-order valence-corrected chi connectivity index (χ2v) is 5.61. The number of nitrogens with zero attached hydrogens (tertiary/aromatic N) is 2. The quantitative estimate of drug-likeness (QED) is 0.872. The van der Waals surface area contributed by atoms with Crippen molar-refractivity contribution in [3.63, 3.8) is 0 Å². The molecule has 1 aliphatic rings. The summed E-state index contributed by atoms with van der Waals surface area (Å²) in [5.41, 5.74) is 5.76. The fraction of sp³-hybridized carbons (Fsp3) is 0.600. The van der Waals surface area contributed by atoms with E-state index in [-0.39, 0.29) is 48.7 Å². The van der Waals surface area contributed by atoms with Gasteiger partial charge in [0.05, 0.1) is 0 Å². The van der Waals surface area contributed by atoms with Crippen molar-refractivity contribution in [3.8, 4) is 0 Å². The van der Waals surface area contributed by atoms with Crippen molar-refractivity contribution >= 4 is 36.5 Å². The lowest BCUT2D eigenvalue weighted by atomic mass is 10.0. The van der Waals surface area contributed by atoms with Gasteiger partial charge in [-0.2, -0.15) is 0 Å². The van der Waals surface area contributed by atoms with Crippen LogP contribution in [0.3, 0.4) is 0 Å². The monoisotopic (exact) mass is 348 g/mol. The van der Waals surface area contributed by atoms with Crippen LogP contribution >= 0.6 is 24.8 Å². The van der Waals surface area contributed by atoms with Crippen LogP contribution in [0, 0.1) is 5.92 Å². The average Bonchev–Trinajstić information content (AvgIpc) is 2.48. The summed E-state index contributed by atoms with van der Waals surface area (Å²) in [6.07, 6.45) is 3.72. The normalized spacial score (nSPS) is 17.7. The van der Waals surface area contributed by atoms with Crippen molar-refractivity contribution in [1.29, 1.82) is 0 Å². The maximum absolute atomic E-state index is 12.0. The zero-order valence-corrected chi connectivity index (χ0v) is 14.7. The van der Waals surface area contributed by atoms with Crippen molar-refractivity contribution in [2.24, 2.45) is 11.7 Å². The lowest BCUT2D eigenvalue weighted by molar-refractivity contribution is -0.125. The number of hydrogen-bond donors (Lipinski definition) is 2. The second-order valence-electron chi connectivity index (χ2n) is 5.61. The molecule has 1 amide bonds. The second kappa shape index (κ2) is 9.87. The van der Waals surface area contributed by atoms with Crippen molar-refractivity contribution < 1.29 is 4.79 Å². The van der Waals surface area contributed by atoms with Crippen molar-refractivity contribution in [3.05, 3.63) is 24.4 Å². The number of hydrogen-bond acceptors (Lipinski definition) is 4. The van der Waals surface area contributed by atoms with Gasteiger partial charge in [-0.1, -0.05) is 13.0 Å². The van der Waals surface area contributed by atoms with Crippen LogP contribution in [0.25, 0.3) is 0 Å². The molecule has 7 heteroatoms. The van der Waals surface area contributed by atoms with Crippen LogP contribution in [0.15, 0.2) is 24.4 Å². The van der Waals surface area contributed by atoms with Gasteiger partial charge in [0.2, 0.25) is 5.91 Å². The molecule has 2 rings (SSSR count). The number of rotatable bonds is 4. The minimum atomic E-state index is -0.135. The number of carbonyl (C=O) groups is 1. The van der Waals surface area contributed by atoms with E-state index in [9.17, 15) is 4.79 Å². The first-order valence-electron chi connectivity index (χ1n) is 7.30. The third-order valence-electron chi connectivity index (χ3n) is 4.02. The van der Waals surface area contributed by atoms with E-state index in [1.807, 2.05) is 38.2 Å². The standard InChI is InChI=1S/C15H24N4O.2ClH/c1-11(12(2)16)15(20)18-13-6-9-19(10-7-13)14-5-3-4-8-17-14;;/h3-5,8,11-13H,6-7,9-10,16H2,1-2H3,(H,18,20);2*1H. The molecule has 1 aliphatic heterocycles. The Morgan fingerprint density at radius 2 is 1.95 bits per heavy atom. The van der Waals surface area contributed by atoms with Gasteiger partial charge in [-0.25, -0.2) is 4.98 Å². The van der Waals surface area contributed by atoms with Gasteiger partial charge in [0.25, 0.3) is 0 Å². The molecule has 0 aliphatic carbocycles. The van der Waals surface area contributed by atoms with E-state index in [4.69, 9.17) is 5.73 Å². The van der Waals surface area contributed by atoms with Gasteiger partial charge in [-0.3, -0.25) is 4.79 Å². The molecule has 0 radical (unpaired) electrons. The third-order valence-corrected chi connectivity index (χ3v) is 4.02. The van der Waals surface area contributed by atoms with Crippen molar-refractivity contribution in [2.75, 3.05) is 18.0 Å². The number of pyridine rings is 1. The van der Waals surface area contributed by atoms with Gasteiger partial charge in [0, 0.05) is 37.3 Å². The summed E-state index contributed by atoms with van der Waals surface area (Å²) in [7, 11) is 0. The van der Waals surface area contributed by atoms with Gasteiger partial charge >= 0.3 is 0 Å². The number of nitrogens with one attached hydrogen (secondary N) is 1. The molecule has 1 aromatic rings. The van der Waals surface area contributed by atoms with Gasteiger partial charge in [-0.15, -0.1) is 24.8 Å². The van der Waals surface area contributed by atoms with Gasteiger partial charge in [0.15, 0.2) is 0 Å². The zero-order chi connectivity index (χ0) is 14.5. The van der Waals surface area contributed by atoms with E-state index in [1.165, 1.54) is 0 Å². The lowest BCUT2D eigenvalue weighted by Crippen LogP contribution is -2.48. The van der Waals surface area contributed by atoms with E-state index < -0.39 is 0 Å². The average molecular weight is 349 g/mol. The molecule has 2 atom stereocenters. The molecule has 1 fully saturated rings. The van der Waals surface area contributed by atoms with Crippen LogP contribution in [0.4, 0.5) is 5.82 Å². The summed E-state index contributed by atoms with van der Waals surface area (Å²) < 4.78 is 0. The Labute approximate surface area is 144 Å². The van der Waals surface area contributed by atoms with Gasteiger partial charge < -0.3 is 16.0 Å². The van der Waals surface area contributed by atoms with Crippen molar-refractivity contribution in [1.82, 2.24) is 10.3 Å². The summed E-state index contributed by atoms with van der Waals surface area (Å²) in [5.74, 6) is 0.946. The summed E-state index contributed by atoms with van der Waals surface area (Å²) in [5, 5.41) is 3.11. The van der Waals surface area contributed by atoms with Crippen LogP contribution in [0.5, 0.6) is 0 Å². The molecule has 3 N–H and O–H groups in total. The molecule has 22 heavy (non-hydrogen) atoms. The Morgan fingerprint density at radius 3 is 2.45 bits per heavy atom. The highest BCUT2D eigenvalue weighted by molar-refractivity contribution is 5.85. The first-order chi connectivity index (χ1) is 9.58. The maximum Gasteiger partial charge on any atom is 0.224 e. The summed E-state index contributed by atoms with van der Waals surface area (Å²) in [6.45, 7) is 5.60. The first kappa shape index (κ1) is 21.0. The van der Waals surface area contributed by atoms with E-state index in [2.05, 4.69) is 15.2 Å². The predicted octanol–water partition coefficient (Wildman–Crippen LogP) is 1.99. The Balaban J connectivity index is 0.00000220. The van der Waals surface area contributed by atoms with E-state index >= 15 is 0 Å². The molecule has 2 heterocycles. The molecule has 0 aromatic carbocycles. The predicted molar refractivity (Wildman–Crippen MR) is 94.9 cm³/mol. The van der Waals surface area contributed by atoms with Crippen LogP contribution < -0.4 is 16.0 Å². The zero-order valence-electron chi connectivity index (χ0n) is 13.1. The molecular formula is C15H26Cl2N4O. The number of carbonyl (C=O) groups excluding carboxylic acids is 1.